The SMILES string of the molecule is CCNC(=O)CSc1ncnc2c1cnn2-c1ccccc1. The summed E-state index contributed by atoms with van der Waals surface area (Å²) in [6.07, 6.45) is 3.24. The van der Waals surface area contributed by atoms with Crippen LogP contribution in [0, 0.1) is 0 Å². The first kappa shape index (κ1) is 14.5. The van der Waals surface area contributed by atoms with Gasteiger partial charge in [-0.05, 0) is 19.1 Å². The molecule has 3 aromatic rings. The average molecular weight is 313 g/mol. The van der Waals surface area contributed by atoms with Gasteiger partial charge in [-0.25, -0.2) is 14.6 Å². The second kappa shape index (κ2) is 6.57. The Bertz CT molecular complexity index is 787. The summed E-state index contributed by atoms with van der Waals surface area (Å²) in [5.74, 6) is 0.325. The van der Waals surface area contributed by atoms with Gasteiger partial charge in [0.1, 0.15) is 11.4 Å². The smallest absolute Gasteiger partial charge is 0.230 e. The van der Waals surface area contributed by atoms with Crippen molar-refractivity contribution in [1.29, 1.82) is 0 Å². The predicted octanol–water partition coefficient (Wildman–Crippen LogP) is 2.04. The van der Waals surface area contributed by atoms with Gasteiger partial charge < -0.3 is 5.32 Å². The molecule has 1 amide bonds. The highest BCUT2D eigenvalue weighted by atomic mass is 32.2. The minimum atomic E-state index is -0.00489. The largest absolute Gasteiger partial charge is 0.356 e. The van der Waals surface area contributed by atoms with E-state index in [4.69, 9.17) is 0 Å². The minimum absolute atomic E-state index is 0.00489. The summed E-state index contributed by atoms with van der Waals surface area (Å²) in [4.78, 5) is 20.2. The Kier molecular flexibility index (Phi) is 4.34. The number of benzene rings is 1. The zero-order valence-corrected chi connectivity index (χ0v) is 12.9. The van der Waals surface area contributed by atoms with Crippen LogP contribution in [0.15, 0.2) is 47.9 Å². The Hall–Kier alpha value is -2.41. The van der Waals surface area contributed by atoms with E-state index in [1.54, 1.807) is 10.9 Å². The average Bonchev–Trinajstić information content (AvgIpc) is 2.98. The molecule has 3 rings (SSSR count). The Morgan fingerprint density at radius 1 is 1.27 bits per heavy atom. The van der Waals surface area contributed by atoms with Crippen molar-refractivity contribution >= 4 is 28.7 Å². The van der Waals surface area contributed by atoms with Crippen LogP contribution in [0.4, 0.5) is 0 Å². The maximum absolute atomic E-state index is 11.6. The van der Waals surface area contributed by atoms with Crippen molar-refractivity contribution in [2.45, 2.75) is 11.9 Å². The maximum atomic E-state index is 11.6. The van der Waals surface area contributed by atoms with Crippen molar-refractivity contribution in [2.75, 3.05) is 12.3 Å². The molecule has 0 unspecified atom stereocenters. The number of nitrogens with zero attached hydrogens (tertiary/aromatic N) is 4. The first-order chi connectivity index (χ1) is 10.8. The third kappa shape index (κ3) is 2.94. The van der Waals surface area contributed by atoms with Crippen LogP contribution in [-0.4, -0.2) is 38.0 Å². The number of nitrogens with one attached hydrogen (secondary N) is 1. The Morgan fingerprint density at radius 2 is 2.09 bits per heavy atom. The molecule has 0 aliphatic rings. The van der Waals surface area contributed by atoms with Crippen molar-refractivity contribution in [3.63, 3.8) is 0 Å². The van der Waals surface area contributed by atoms with Crippen molar-refractivity contribution in [1.82, 2.24) is 25.1 Å². The van der Waals surface area contributed by atoms with Gasteiger partial charge in [0.05, 0.1) is 23.0 Å². The highest BCUT2D eigenvalue weighted by molar-refractivity contribution is 8.00. The van der Waals surface area contributed by atoms with E-state index in [1.165, 1.54) is 18.1 Å². The lowest BCUT2D eigenvalue weighted by molar-refractivity contribution is -0.118. The van der Waals surface area contributed by atoms with Crippen LogP contribution in [0.1, 0.15) is 6.92 Å². The highest BCUT2D eigenvalue weighted by Crippen LogP contribution is 2.25. The second-order valence-corrected chi connectivity index (χ2v) is 5.51. The van der Waals surface area contributed by atoms with Crippen LogP contribution in [0.3, 0.4) is 0 Å². The molecule has 6 nitrogen and oxygen atoms in total. The molecule has 0 saturated carbocycles. The molecule has 0 atom stereocenters. The zero-order chi connectivity index (χ0) is 15.4. The molecule has 22 heavy (non-hydrogen) atoms. The fourth-order valence-corrected chi connectivity index (χ4v) is 2.87. The molecule has 0 radical (unpaired) electrons. The van der Waals surface area contributed by atoms with Gasteiger partial charge >= 0.3 is 0 Å². The molecule has 0 aliphatic heterocycles. The summed E-state index contributed by atoms with van der Waals surface area (Å²) in [5.41, 5.74) is 1.68. The molecule has 0 fully saturated rings. The van der Waals surface area contributed by atoms with E-state index < -0.39 is 0 Å². The Labute approximate surface area is 132 Å². The molecule has 112 valence electrons. The summed E-state index contributed by atoms with van der Waals surface area (Å²) in [6.45, 7) is 2.53. The minimum Gasteiger partial charge on any atom is -0.356 e. The van der Waals surface area contributed by atoms with Crippen LogP contribution in [0.25, 0.3) is 16.7 Å². The molecular weight excluding hydrogens is 298 g/mol. The standard InChI is InChI=1S/C15H15N5OS/c1-2-16-13(21)9-22-15-12-8-19-20(14(12)17-10-18-15)11-6-4-3-5-7-11/h3-8,10H,2,9H2,1H3,(H,16,21). The van der Waals surface area contributed by atoms with Crippen molar-refractivity contribution in [3.8, 4) is 5.69 Å². The fraction of sp³-hybridized carbons (Fsp3) is 0.200. The Morgan fingerprint density at radius 3 is 2.86 bits per heavy atom. The van der Waals surface area contributed by atoms with Gasteiger partial charge in [-0.3, -0.25) is 4.79 Å². The summed E-state index contributed by atoms with van der Waals surface area (Å²) >= 11 is 1.39. The van der Waals surface area contributed by atoms with Crippen LogP contribution in [0.2, 0.25) is 0 Å². The van der Waals surface area contributed by atoms with Gasteiger partial charge in [0.2, 0.25) is 5.91 Å². The number of rotatable bonds is 5. The number of carbonyl (C=O) groups is 1. The molecule has 1 N–H and O–H groups in total. The lowest BCUT2D eigenvalue weighted by atomic mass is 10.3. The number of para-hydroxylation sites is 1. The Balaban J connectivity index is 1.91. The van der Waals surface area contributed by atoms with E-state index in [1.807, 2.05) is 37.3 Å². The first-order valence-electron chi connectivity index (χ1n) is 6.93. The molecule has 0 aliphatic carbocycles. The number of hydrogen-bond donors (Lipinski definition) is 1. The molecule has 0 saturated heterocycles. The summed E-state index contributed by atoms with van der Waals surface area (Å²) in [7, 11) is 0. The molecular formula is C15H15N5OS. The van der Waals surface area contributed by atoms with Crippen molar-refractivity contribution < 1.29 is 4.79 Å². The van der Waals surface area contributed by atoms with E-state index in [0.29, 0.717) is 12.3 Å². The quantitative estimate of drug-likeness (QED) is 0.576. The van der Waals surface area contributed by atoms with Gasteiger partial charge in [0, 0.05) is 6.54 Å². The molecule has 1 aromatic carbocycles. The molecule has 0 spiro atoms. The number of aromatic nitrogens is 4. The third-order valence-electron chi connectivity index (χ3n) is 3.04. The number of amides is 1. The van der Waals surface area contributed by atoms with Gasteiger partial charge in [-0.1, -0.05) is 30.0 Å². The lowest BCUT2D eigenvalue weighted by Gasteiger charge is -2.04. The summed E-state index contributed by atoms with van der Waals surface area (Å²) in [5, 5.41) is 8.77. The first-order valence-corrected chi connectivity index (χ1v) is 7.92. The van der Waals surface area contributed by atoms with Gasteiger partial charge in [-0.15, -0.1) is 0 Å². The van der Waals surface area contributed by atoms with Crippen molar-refractivity contribution in [2.24, 2.45) is 0 Å². The zero-order valence-electron chi connectivity index (χ0n) is 12.1. The maximum Gasteiger partial charge on any atom is 0.230 e. The van der Waals surface area contributed by atoms with E-state index >= 15 is 0 Å². The summed E-state index contributed by atoms with van der Waals surface area (Å²) in [6, 6.07) is 9.80. The highest BCUT2D eigenvalue weighted by Gasteiger charge is 2.12. The third-order valence-corrected chi connectivity index (χ3v) is 4.05. The fourth-order valence-electron chi connectivity index (χ4n) is 2.08. The molecule has 7 heteroatoms. The number of fused-ring (bicyclic) bond motifs is 1. The van der Waals surface area contributed by atoms with E-state index in [2.05, 4.69) is 20.4 Å². The molecule has 0 bridgehead atoms. The van der Waals surface area contributed by atoms with Gasteiger partial charge in [0.15, 0.2) is 5.65 Å². The van der Waals surface area contributed by atoms with E-state index in [9.17, 15) is 4.79 Å². The monoisotopic (exact) mass is 313 g/mol. The number of hydrogen-bond acceptors (Lipinski definition) is 5. The molecule has 2 heterocycles. The lowest BCUT2D eigenvalue weighted by Crippen LogP contribution is -2.24. The van der Waals surface area contributed by atoms with Crippen LogP contribution in [0.5, 0.6) is 0 Å². The van der Waals surface area contributed by atoms with Crippen molar-refractivity contribution in [3.05, 3.63) is 42.9 Å². The topological polar surface area (TPSA) is 72.7 Å². The van der Waals surface area contributed by atoms with Gasteiger partial charge in [-0.2, -0.15) is 5.10 Å². The summed E-state index contributed by atoms with van der Waals surface area (Å²) < 4.78 is 1.77. The van der Waals surface area contributed by atoms with E-state index in [-0.39, 0.29) is 5.91 Å². The number of carbonyl (C=O) groups excluding carboxylic acids is 1. The predicted molar refractivity (Wildman–Crippen MR) is 86.1 cm³/mol. The van der Waals surface area contributed by atoms with E-state index in [0.717, 1.165) is 21.7 Å². The van der Waals surface area contributed by atoms with Crippen LogP contribution in [-0.2, 0) is 4.79 Å². The second-order valence-electron chi connectivity index (χ2n) is 4.55. The van der Waals surface area contributed by atoms with Gasteiger partial charge in [0.25, 0.3) is 0 Å². The van der Waals surface area contributed by atoms with Crippen LogP contribution < -0.4 is 5.32 Å². The molecule has 2 aromatic heterocycles. The number of thioether (sulfide) groups is 1. The van der Waals surface area contributed by atoms with Crippen LogP contribution >= 0.6 is 11.8 Å². The normalized spacial score (nSPS) is 10.8.